The Hall–Kier alpha value is -2.47. The number of esters is 1. The van der Waals surface area contributed by atoms with Crippen LogP contribution in [0.3, 0.4) is 0 Å². The molecule has 0 bridgehead atoms. The van der Waals surface area contributed by atoms with E-state index in [-0.39, 0.29) is 25.2 Å². The van der Waals surface area contributed by atoms with Crippen LogP contribution in [-0.4, -0.2) is 24.3 Å². The number of rotatable bonds is 7. The van der Waals surface area contributed by atoms with Gasteiger partial charge in [-0.15, -0.1) is 11.3 Å². The number of carbonyl (C=O) groups excluding carboxylic acids is 3. The Morgan fingerprint density at radius 1 is 1.00 bits per heavy atom. The van der Waals surface area contributed by atoms with E-state index in [0.29, 0.717) is 10.6 Å². The molecular formula is C19H21NO4S. The van der Waals surface area contributed by atoms with Crippen molar-refractivity contribution in [3.63, 3.8) is 0 Å². The van der Waals surface area contributed by atoms with E-state index in [1.165, 1.54) is 11.3 Å². The van der Waals surface area contributed by atoms with Crippen molar-refractivity contribution in [1.29, 1.82) is 0 Å². The van der Waals surface area contributed by atoms with E-state index in [2.05, 4.69) is 5.32 Å². The molecule has 0 aliphatic carbocycles. The molecule has 0 spiro atoms. The number of Topliss-reactive ketones (excluding diaryl/α,β-unsaturated/α-hetero) is 1. The fourth-order valence-electron chi connectivity index (χ4n) is 2.39. The summed E-state index contributed by atoms with van der Waals surface area (Å²) in [4.78, 5) is 37.2. The molecule has 1 N–H and O–H groups in total. The van der Waals surface area contributed by atoms with Gasteiger partial charge in [-0.25, -0.2) is 0 Å². The Morgan fingerprint density at radius 3 is 2.28 bits per heavy atom. The van der Waals surface area contributed by atoms with Crippen molar-refractivity contribution in [2.75, 3.05) is 11.9 Å². The fourth-order valence-corrected chi connectivity index (χ4v) is 3.22. The topological polar surface area (TPSA) is 72.5 Å². The van der Waals surface area contributed by atoms with Gasteiger partial charge in [0.1, 0.15) is 0 Å². The molecule has 0 unspecified atom stereocenters. The normalized spacial score (nSPS) is 10.4. The minimum Gasteiger partial charge on any atom is -0.456 e. The van der Waals surface area contributed by atoms with E-state index in [4.69, 9.17) is 4.74 Å². The standard InChI is InChI=1S/C19H21NO4S/c1-12-8-13(2)10-15(9-12)20-18(22)11-24-19(23)7-5-16(21)17-6-4-14(3)25-17/h4,6,8-10H,5,7,11H2,1-3H3,(H,20,22). The van der Waals surface area contributed by atoms with Gasteiger partial charge < -0.3 is 10.1 Å². The molecule has 0 saturated carbocycles. The van der Waals surface area contributed by atoms with E-state index in [1.807, 2.05) is 45.0 Å². The van der Waals surface area contributed by atoms with Crippen molar-refractivity contribution in [2.45, 2.75) is 33.6 Å². The summed E-state index contributed by atoms with van der Waals surface area (Å²) in [5, 5.41) is 2.69. The number of nitrogens with one attached hydrogen (secondary N) is 1. The first kappa shape index (κ1) is 18.9. The number of ketones is 1. The van der Waals surface area contributed by atoms with Crippen molar-refractivity contribution in [1.82, 2.24) is 0 Å². The Kier molecular flexibility index (Phi) is 6.47. The first-order valence-corrected chi connectivity index (χ1v) is 8.78. The quantitative estimate of drug-likeness (QED) is 0.602. The van der Waals surface area contributed by atoms with E-state index in [0.717, 1.165) is 16.0 Å². The zero-order valence-electron chi connectivity index (χ0n) is 14.5. The zero-order valence-corrected chi connectivity index (χ0v) is 15.4. The summed E-state index contributed by atoms with van der Waals surface area (Å²) in [6, 6.07) is 9.31. The van der Waals surface area contributed by atoms with Gasteiger partial charge in [-0.3, -0.25) is 14.4 Å². The van der Waals surface area contributed by atoms with Gasteiger partial charge in [-0.05, 0) is 56.2 Å². The highest BCUT2D eigenvalue weighted by Crippen LogP contribution is 2.17. The summed E-state index contributed by atoms with van der Waals surface area (Å²) in [6.45, 7) is 5.44. The number of ether oxygens (including phenoxy) is 1. The molecule has 132 valence electrons. The lowest BCUT2D eigenvalue weighted by Gasteiger charge is -2.08. The fraction of sp³-hybridized carbons (Fsp3) is 0.316. The van der Waals surface area contributed by atoms with Crippen LogP contribution in [0.2, 0.25) is 0 Å². The number of anilines is 1. The summed E-state index contributed by atoms with van der Waals surface area (Å²) in [7, 11) is 0. The Bertz CT molecular complexity index is 774. The lowest BCUT2D eigenvalue weighted by atomic mass is 10.1. The molecule has 0 fully saturated rings. The first-order valence-electron chi connectivity index (χ1n) is 7.97. The number of aryl methyl sites for hydroxylation is 3. The second-order valence-electron chi connectivity index (χ2n) is 5.92. The Balaban J connectivity index is 1.73. The van der Waals surface area contributed by atoms with Gasteiger partial charge in [0.2, 0.25) is 0 Å². The van der Waals surface area contributed by atoms with Crippen molar-refractivity contribution in [2.24, 2.45) is 0 Å². The molecule has 5 nitrogen and oxygen atoms in total. The molecule has 1 amide bonds. The molecule has 25 heavy (non-hydrogen) atoms. The average molecular weight is 359 g/mol. The van der Waals surface area contributed by atoms with Gasteiger partial charge in [-0.2, -0.15) is 0 Å². The second-order valence-corrected chi connectivity index (χ2v) is 7.21. The highest BCUT2D eigenvalue weighted by atomic mass is 32.1. The number of carbonyl (C=O) groups is 3. The number of thiophene rings is 1. The van der Waals surface area contributed by atoms with Gasteiger partial charge in [0.15, 0.2) is 12.4 Å². The maximum absolute atomic E-state index is 11.9. The first-order chi connectivity index (χ1) is 11.8. The van der Waals surface area contributed by atoms with E-state index < -0.39 is 11.9 Å². The molecule has 0 aliphatic rings. The van der Waals surface area contributed by atoms with Crippen LogP contribution in [0, 0.1) is 20.8 Å². The average Bonchev–Trinajstić information content (AvgIpc) is 2.96. The van der Waals surface area contributed by atoms with Crippen LogP contribution in [-0.2, 0) is 14.3 Å². The number of benzene rings is 1. The monoisotopic (exact) mass is 359 g/mol. The minimum absolute atomic E-state index is 0.0351. The third-order valence-corrected chi connectivity index (χ3v) is 4.48. The second kappa shape index (κ2) is 8.58. The predicted octanol–water partition coefficient (Wildman–Crippen LogP) is 3.82. The molecule has 1 aromatic heterocycles. The molecule has 0 aliphatic heterocycles. The molecule has 2 aromatic rings. The number of hydrogen-bond donors (Lipinski definition) is 1. The van der Waals surface area contributed by atoms with Crippen LogP contribution in [0.15, 0.2) is 30.3 Å². The van der Waals surface area contributed by atoms with Crippen molar-refractivity contribution >= 4 is 34.7 Å². The Labute approximate surface area is 151 Å². The van der Waals surface area contributed by atoms with Gasteiger partial charge in [0, 0.05) is 17.0 Å². The summed E-state index contributed by atoms with van der Waals surface area (Å²) < 4.78 is 4.93. The highest BCUT2D eigenvalue weighted by molar-refractivity contribution is 7.14. The van der Waals surface area contributed by atoms with E-state index in [1.54, 1.807) is 6.07 Å². The lowest BCUT2D eigenvalue weighted by molar-refractivity contribution is -0.147. The molecular weight excluding hydrogens is 338 g/mol. The molecule has 1 heterocycles. The van der Waals surface area contributed by atoms with Gasteiger partial charge in [0.05, 0.1) is 11.3 Å². The Morgan fingerprint density at radius 2 is 1.68 bits per heavy atom. The predicted molar refractivity (Wildman–Crippen MR) is 98.1 cm³/mol. The lowest BCUT2D eigenvalue weighted by Crippen LogP contribution is -2.21. The van der Waals surface area contributed by atoms with Crippen LogP contribution in [0.25, 0.3) is 0 Å². The van der Waals surface area contributed by atoms with Crippen LogP contribution in [0.5, 0.6) is 0 Å². The maximum Gasteiger partial charge on any atom is 0.306 e. The minimum atomic E-state index is -0.558. The molecule has 1 aromatic carbocycles. The van der Waals surface area contributed by atoms with Crippen molar-refractivity contribution in [3.8, 4) is 0 Å². The number of hydrogen-bond acceptors (Lipinski definition) is 5. The maximum atomic E-state index is 11.9. The zero-order chi connectivity index (χ0) is 18.4. The summed E-state index contributed by atoms with van der Waals surface area (Å²) in [6.07, 6.45) is 0.0457. The van der Waals surface area contributed by atoms with E-state index in [9.17, 15) is 14.4 Å². The summed E-state index contributed by atoms with van der Waals surface area (Å²) in [5.74, 6) is -1.05. The summed E-state index contributed by atoms with van der Waals surface area (Å²) in [5.41, 5.74) is 2.74. The SMILES string of the molecule is Cc1cc(C)cc(NC(=O)COC(=O)CCC(=O)c2ccc(C)s2)c1. The van der Waals surface area contributed by atoms with Crippen molar-refractivity contribution < 1.29 is 19.1 Å². The third-order valence-electron chi connectivity index (χ3n) is 3.44. The largest absolute Gasteiger partial charge is 0.456 e. The van der Waals surface area contributed by atoms with Crippen LogP contribution >= 0.6 is 11.3 Å². The van der Waals surface area contributed by atoms with Crippen LogP contribution in [0.1, 0.15) is 38.5 Å². The van der Waals surface area contributed by atoms with Gasteiger partial charge >= 0.3 is 5.97 Å². The van der Waals surface area contributed by atoms with Gasteiger partial charge in [0.25, 0.3) is 5.91 Å². The smallest absolute Gasteiger partial charge is 0.306 e. The van der Waals surface area contributed by atoms with Crippen molar-refractivity contribution in [3.05, 3.63) is 51.2 Å². The van der Waals surface area contributed by atoms with Crippen LogP contribution in [0.4, 0.5) is 5.69 Å². The molecule has 0 atom stereocenters. The van der Waals surface area contributed by atoms with Crippen LogP contribution < -0.4 is 5.32 Å². The van der Waals surface area contributed by atoms with Gasteiger partial charge in [-0.1, -0.05) is 6.07 Å². The molecule has 6 heteroatoms. The summed E-state index contributed by atoms with van der Waals surface area (Å²) >= 11 is 1.40. The third kappa shape index (κ3) is 6.15. The highest BCUT2D eigenvalue weighted by Gasteiger charge is 2.13. The molecule has 0 radical (unpaired) electrons. The molecule has 2 rings (SSSR count). The molecule has 0 saturated heterocycles. The number of amides is 1. The van der Waals surface area contributed by atoms with E-state index >= 15 is 0 Å².